The summed E-state index contributed by atoms with van der Waals surface area (Å²) in [4.78, 5) is 0. The molecule has 0 fully saturated rings. The van der Waals surface area contributed by atoms with Gasteiger partial charge in [-0.3, -0.25) is 4.68 Å². The average molecular weight is 250 g/mol. The van der Waals surface area contributed by atoms with Crippen LogP contribution in [0.5, 0.6) is 0 Å². The Hall–Kier alpha value is -1.32. The fourth-order valence-corrected chi connectivity index (χ4v) is 2.38. The molecule has 1 aromatic heterocycles. The third-order valence-corrected chi connectivity index (χ3v) is 3.30. The first-order chi connectivity index (χ1) is 8.24. The van der Waals surface area contributed by atoms with Crippen molar-refractivity contribution in [3.8, 4) is 0 Å². The zero-order valence-electron chi connectivity index (χ0n) is 9.81. The standard InChI is InChI=1S/C13H16ClN3/c1-17-13(7-9-16-17)11(6-8-15)10-4-2-3-5-12(10)14/h2-5,7,9,11H,6,8,15H2,1H3. The van der Waals surface area contributed by atoms with Crippen LogP contribution in [-0.2, 0) is 7.05 Å². The van der Waals surface area contributed by atoms with E-state index in [4.69, 9.17) is 17.3 Å². The lowest BCUT2D eigenvalue weighted by Crippen LogP contribution is -2.12. The van der Waals surface area contributed by atoms with Crippen molar-refractivity contribution >= 4 is 11.6 Å². The van der Waals surface area contributed by atoms with Gasteiger partial charge in [-0.05, 0) is 30.7 Å². The molecule has 0 radical (unpaired) electrons. The molecule has 1 aromatic carbocycles. The quantitative estimate of drug-likeness (QED) is 0.905. The third-order valence-electron chi connectivity index (χ3n) is 2.95. The molecular formula is C13H16ClN3. The highest BCUT2D eigenvalue weighted by Crippen LogP contribution is 2.31. The average Bonchev–Trinajstić information content (AvgIpc) is 2.74. The number of nitrogens with two attached hydrogens (primary N) is 1. The zero-order chi connectivity index (χ0) is 12.3. The van der Waals surface area contributed by atoms with E-state index < -0.39 is 0 Å². The van der Waals surface area contributed by atoms with Crippen molar-refractivity contribution in [2.45, 2.75) is 12.3 Å². The van der Waals surface area contributed by atoms with Crippen LogP contribution in [0.4, 0.5) is 0 Å². The van der Waals surface area contributed by atoms with Gasteiger partial charge in [0.2, 0.25) is 0 Å². The van der Waals surface area contributed by atoms with E-state index in [-0.39, 0.29) is 5.92 Å². The van der Waals surface area contributed by atoms with Crippen molar-refractivity contribution in [1.29, 1.82) is 0 Å². The lowest BCUT2D eigenvalue weighted by Gasteiger charge is -2.18. The van der Waals surface area contributed by atoms with Crippen molar-refractivity contribution in [3.05, 3.63) is 52.8 Å². The van der Waals surface area contributed by atoms with Crippen LogP contribution in [0.1, 0.15) is 23.6 Å². The van der Waals surface area contributed by atoms with Gasteiger partial charge in [-0.2, -0.15) is 5.10 Å². The predicted octanol–water partition coefficient (Wildman–Crippen LogP) is 2.55. The van der Waals surface area contributed by atoms with E-state index in [1.54, 1.807) is 6.20 Å². The number of rotatable bonds is 4. The molecule has 0 saturated heterocycles. The summed E-state index contributed by atoms with van der Waals surface area (Å²) in [5.74, 6) is 0.209. The van der Waals surface area contributed by atoms with Gasteiger partial charge < -0.3 is 5.73 Å². The molecule has 2 aromatic rings. The second kappa shape index (κ2) is 5.34. The molecule has 0 aliphatic heterocycles. The van der Waals surface area contributed by atoms with Crippen molar-refractivity contribution in [1.82, 2.24) is 9.78 Å². The molecule has 2 rings (SSSR count). The Labute approximate surface area is 106 Å². The number of aryl methyl sites for hydroxylation is 1. The van der Waals surface area contributed by atoms with Crippen molar-refractivity contribution in [2.24, 2.45) is 12.8 Å². The molecule has 0 aliphatic rings. The van der Waals surface area contributed by atoms with Gasteiger partial charge >= 0.3 is 0 Å². The monoisotopic (exact) mass is 249 g/mol. The fraction of sp³-hybridized carbons (Fsp3) is 0.308. The van der Waals surface area contributed by atoms with Crippen LogP contribution in [0.2, 0.25) is 5.02 Å². The minimum absolute atomic E-state index is 0.209. The van der Waals surface area contributed by atoms with E-state index in [0.29, 0.717) is 6.54 Å². The number of hydrogen-bond donors (Lipinski definition) is 1. The summed E-state index contributed by atoms with van der Waals surface area (Å²) in [5.41, 5.74) is 7.96. The van der Waals surface area contributed by atoms with Gasteiger partial charge in [0, 0.05) is 29.9 Å². The van der Waals surface area contributed by atoms with Crippen LogP contribution < -0.4 is 5.73 Å². The highest BCUT2D eigenvalue weighted by Gasteiger charge is 2.18. The number of hydrogen-bond acceptors (Lipinski definition) is 2. The molecule has 0 saturated carbocycles. The van der Waals surface area contributed by atoms with Crippen LogP contribution >= 0.6 is 11.6 Å². The topological polar surface area (TPSA) is 43.8 Å². The van der Waals surface area contributed by atoms with E-state index in [1.807, 2.05) is 36.0 Å². The second-order valence-corrected chi connectivity index (χ2v) is 4.44. The van der Waals surface area contributed by atoms with Crippen molar-refractivity contribution < 1.29 is 0 Å². The Bertz CT molecular complexity index is 493. The summed E-state index contributed by atoms with van der Waals surface area (Å²) in [6.07, 6.45) is 2.67. The first-order valence-electron chi connectivity index (χ1n) is 5.66. The lowest BCUT2D eigenvalue weighted by atomic mass is 9.92. The molecule has 1 atom stereocenters. The smallest absolute Gasteiger partial charge is 0.0492 e. The SMILES string of the molecule is Cn1nccc1C(CCN)c1ccccc1Cl. The Morgan fingerprint density at radius 3 is 2.71 bits per heavy atom. The minimum atomic E-state index is 0.209. The van der Waals surface area contributed by atoms with Gasteiger partial charge in [0.05, 0.1) is 0 Å². The van der Waals surface area contributed by atoms with E-state index in [9.17, 15) is 0 Å². The van der Waals surface area contributed by atoms with E-state index >= 15 is 0 Å². The summed E-state index contributed by atoms with van der Waals surface area (Å²) in [7, 11) is 1.94. The largest absolute Gasteiger partial charge is 0.330 e. The van der Waals surface area contributed by atoms with Crippen LogP contribution in [0.25, 0.3) is 0 Å². The first-order valence-corrected chi connectivity index (χ1v) is 6.04. The van der Waals surface area contributed by atoms with Crippen molar-refractivity contribution in [3.63, 3.8) is 0 Å². The minimum Gasteiger partial charge on any atom is -0.330 e. The molecule has 0 amide bonds. The van der Waals surface area contributed by atoms with Gasteiger partial charge in [0.15, 0.2) is 0 Å². The number of benzene rings is 1. The Morgan fingerprint density at radius 2 is 2.12 bits per heavy atom. The van der Waals surface area contributed by atoms with Crippen molar-refractivity contribution in [2.75, 3.05) is 6.54 Å². The maximum atomic E-state index is 6.25. The second-order valence-electron chi connectivity index (χ2n) is 4.03. The summed E-state index contributed by atoms with van der Waals surface area (Å²) in [5, 5.41) is 4.99. The predicted molar refractivity (Wildman–Crippen MR) is 70.2 cm³/mol. The summed E-state index contributed by atoms with van der Waals surface area (Å²) < 4.78 is 1.88. The zero-order valence-corrected chi connectivity index (χ0v) is 10.6. The maximum absolute atomic E-state index is 6.25. The molecule has 1 heterocycles. The van der Waals surface area contributed by atoms with Crippen LogP contribution in [0.15, 0.2) is 36.5 Å². The number of nitrogens with zero attached hydrogens (tertiary/aromatic N) is 2. The molecule has 17 heavy (non-hydrogen) atoms. The maximum Gasteiger partial charge on any atom is 0.0492 e. The third kappa shape index (κ3) is 2.51. The summed E-state index contributed by atoms with van der Waals surface area (Å²) in [6.45, 7) is 0.626. The Kier molecular flexibility index (Phi) is 3.82. The fourth-order valence-electron chi connectivity index (χ4n) is 2.11. The van der Waals surface area contributed by atoms with Crippen LogP contribution in [0, 0.1) is 0 Å². The highest BCUT2D eigenvalue weighted by molar-refractivity contribution is 6.31. The molecule has 90 valence electrons. The van der Waals surface area contributed by atoms with Gasteiger partial charge in [-0.15, -0.1) is 0 Å². The molecule has 4 heteroatoms. The van der Waals surface area contributed by atoms with Gasteiger partial charge in [-0.1, -0.05) is 29.8 Å². The van der Waals surface area contributed by atoms with E-state index in [2.05, 4.69) is 11.2 Å². The normalized spacial score (nSPS) is 12.6. The lowest BCUT2D eigenvalue weighted by molar-refractivity contribution is 0.631. The molecule has 0 spiro atoms. The molecule has 1 unspecified atom stereocenters. The molecule has 2 N–H and O–H groups in total. The molecular weight excluding hydrogens is 234 g/mol. The number of aromatic nitrogens is 2. The Balaban J connectivity index is 2.43. The summed E-state index contributed by atoms with van der Waals surface area (Å²) in [6, 6.07) is 9.92. The highest BCUT2D eigenvalue weighted by atomic mass is 35.5. The Morgan fingerprint density at radius 1 is 1.35 bits per heavy atom. The number of halogens is 1. The van der Waals surface area contributed by atoms with Gasteiger partial charge in [-0.25, -0.2) is 0 Å². The first kappa shape index (κ1) is 12.1. The van der Waals surface area contributed by atoms with Crippen LogP contribution in [-0.4, -0.2) is 16.3 Å². The van der Waals surface area contributed by atoms with Gasteiger partial charge in [0.1, 0.15) is 0 Å². The van der Waals surface area contributed by atoms with E-state index in [0.717, 1.165) is 22.7 Å². The van der Waals surface area contributed by atoms with E-state index in [1.165, 1.54) is 0 Å². The molecule has 0 aliphatic carbocycles. The van der Waals surface area contributed by atoms with Gasteiger partial charge in [0.25, 0.3) is 0 Å². The summed E-state index contributed by atoms with van der Waals surface area (Å²) >= 11 is 6.25. The molecule has 3 nitrogen and oxygen atoms in total. The van der Waals surface area contributed by atoms with Crippen LogP contribution in [0.3, 0.4) is 0 Å². The molecule has 0 bridgehead atoms.